The lowest BCUT2D eigenvalue weighted by Crippen LogP contribution is -1.93. The molecule has 1 atom stereocenters. The summed E-state index contributed by atoms with van der Waals surface area (Å²) in [6.07, 6.45) is 4.13. The number of aliphatic hydroxyl groups excluding tert-OH is 1. The summed E-state index contributed by atoms with van der Waals surface area (Å²) in [4.78, 5) is 0. The van der Waals surface area contributed by atoms with Crippen LogP contribution in [0, 0.1) is 0 Å². The molecule has 0 aromatic carbocycles. The van der Waals surface area contributed by atoms with Gasteiger partial charge in [-0.3, -0.25) is 0 Å². The van der Waals surface area contributed by atoms with Gasteiger partial charge in [0.1, 0.15) is 5.56 Å². The van der Waals surface area contributed by atoms with E-state index in [2.05, 4.69) is 6.92 Å². The number of halogens is 1. The summed E-state index contributed by atoms with van der Waals surface area (Å²) in [6.45, 7) is 2.13. The second-order valence-corrected chi connectivity index (χ2v) is 2.43. The normalized spacial score (nSPS) is 13.9. The molecule has 0 bridgehead atoms. The van der Waals surface area contributed by atoms with Crippen molar-refractivity contribution in [3.63, 3.8) is 0 Å². The van der Waals surface area contributed by atoms with E-state index < -0.39 is 5.56 Å². The predicted octanol–water partition coefficient (Wildman–Crippen LogP) is 2.12. The number of alkyl halides is 1. The third-order valence-corrected chi connectivity index (χ3v) is 1.26. The third kappa shape index (κ3) is 6.25. The van der Waals surface area contributed by atoms with Crippen molar-refractivity contribution in [1.29, 1.82) is 0 Å². The lowest BCUT2D eigenvalue weighted by atomic mass is 10.2. The van der Waals surface area contributed by atoms with Crippen LogP contribution in [0.5, 0.6) is 0 Å². The van der Waals surface area contributed by atoms with E-state index >= 15 is 0 Å². The number of unbranched alkanes of at least 4 members (excludes halogenated alkanes) is 2. The molecule has 0 aliphatic carbocycles. The molecule has 0 radical (unpaired) electrons. The second-order valence-electron chi connectivity index (χ2n) is 1.93. The van der Waals surface area contributed by atoms with E-state index in [0.717, 1.165) is 12.8 Å². The van der Waals surface area contributed by atoms with Crippen LogP contribution in [0.15, 0.2) is 0 Å². The summed E-state index contributed by atoms with van der Waals surface area (Å²) < 4.78 is 0. The van der Waals surface area contributed by atoms with E-state index in [-0.39, 0.29) is 0 Å². The van der Waals surface area contributed by atoms with Crippen molar-refractivity contribution in [3.8, 4) is 0 Å². The summed E-state index contributed by atoms with van der Waals surface area (Å²) in [5.74, 6) is 0. The minimum atomic E-state index is -0.624. The first-order valence-corrected chi connectivity index (χ1v) is 3.53. The molecule has 0 rings (SSSR count). The maximum absolute atomic E-state index is 8.54. The predicted molar refractivity (Wildman–Crippen MR) is 36.0 cm³/mol. The molecule has 1 unspecified atom stereocenters. The number of hydrogen-bond donors (Lipinski definition) is 1. The Bertz CT molecular complexity index is 45.8. The highest BCUT2D eigenvalue weighted by atomic mass is 35.5. The molecule has 0 spiro atoms. The van der Waals surface area contributed by atoms with Crippen LogP contribution in [-0.4, -0.2) is 10.7 Å². The van der Waals surface area contributed by atoms with Crippen LogP contribution < -0.4 is 0 Å². The van der Waals surface area contributed by atoms with Gasteiger partial charge in [-0.1, -0.05) is 31.4 Å². The van der Waals surface area contributed by atoms with Gasteiger partial charge in [0.25, 0.3) is 0 Å². The largest absolute Gasteiger partial charge is 0.378 e. The van der Waals surface area contributed by atoms with Crippen molar-refractivity contribution in [3.05, 3.63) is 0 Å². The molecule has 0 aromatic rings. The molecular weight excluding hydrogens is 124 g/mol. The van der Waals surface area contributed by atoms with Crippen molar-refractivity contribution < 1.29 is 5.11 Å². The van der Waals surface area contributed by atoms with Gasteiger partial charge in [-0.15, -0.1) is 0 Å². The molecule has 50 valence electrons. The molecule has 1 N–H and O–H groups in total. The summed E-state index contributed by atoms with van der Waals surface area (Å²) in [7, 11) is 0. The van der Waals surface area contributed by atoms with E-state index in [1.165, 1.54) is 12.8 Å². The average molecular weight is 137 g/mol. The van der Waals surface area contributed by atoms with E-state index in [1.807, 2.05) is 0 Å². The van der Waals surface area contributed by atoms with Gasteiger partial charge in [-0.05, 0) is 12.8 Å². The Morgan fingerprint density at radius 2 is 2.12 bits per heavy atom. The zero-order valence-corrected chi connectivity index (χ0v) is 5.99. The fourth-order valence-electron chi connectivity index (χ4n) is 0.563. The first-order chi connectivity index (χ1) is 3.77. The Balaban J connectivity index is 2.72. The minimum absolute atomic E-state index is 0.624. The van der Waals surface area contributed by atoms with Crippen LogP contribution in [0.2, 0.25) is 0 Å². The van der Waals surface area contributed by atoms with Crippen LogP contribution >= 0.6 is 11.6 Å². The molecular formula is C6H13ClO. The Labute approximate surface area is 55.7 Å². The van der Waals surface area contributed by atoms with Crippen molar-refractivity contribution in [2.75, 3.05) is 0 Å². The zero-order valence-electron chi connectivity index (χ0n) is 5.23. The first kappa shape index (κ1) is 8.25. The average Bonchev–Trinajstić information content (AvgIpc) is 1.66. The maximum Gasteiger partial charge on any atom is 0.128 e. The van der Waals surface area contributed by atoms with Crippen LogP contribution in [0.1, 0.15) is 32.6 Å². The molecule has 0 heterocycles. The second kappa shape index (κ2) is 5.39. The zero-order chi connectivity index (χ0) is 6.41. The number of aliphatic hydroxyl groups is 1. The maximum atomic E-state index is 8.54. The van der Waals surface area contributed by atoms with Crippen LogP contribution in [0.4, 0.5) is 0 Å². The Morgan fingerprint density at radius 1 is 1.50 bits per heavy atom. The van der Waals surface area contributed by atoms with Gasteiger partial charge in [-0.25, -0.2) is 0 Å². The van der Waals surface area contributed by atoms with Crippen molar-refractivity contribution in [2.45, 2.75) is 38.2 Å². The minimum Gasteiger partial charge on any atom is -0.378 e. The summed E-state index contributed by atoms with van der Waals surface area (Å²) in [5, 5.41) is 8.54. The molecule has 2 heteroatoms. The molecule has 8 heavy (non-hydrogen) atoms. The highest BCUT2D eigenvalue weighted by Gasteiger charge is 1.94. The van der Waals surface area contributed by atoms with Crippen LogP contribution in [0.25, 0.3) is 0 Å². The Hall–Kier alpha value is 0.250. The van der Waals surface area contributed by atoms with Gasteiger partial charge in [0.05, 0.1) is 0 Å². The van der Waals surface area contributed by atoms with Gasteiger partial charge < -0.3 is 5.11 Å². The van der Waals surface area contributed by atoms with Crippen molar-refractivity contribution >= 4 is 11.6 Å². The van der Waals surface area contributed by atoms with Crippen molar-refractivity contribution in [1.82, 2.24) is 0 Å². The molecule has 0 saturated carbocycles. The number of hydrogen-bond acceptors (Lipinski definition) is 1. The quantitative estimate of drug-likeness (QED) is 0.464. The van der Waals surface area contributed by atoms with Crippen LogP contribution in [0.3, 0.4) is 0 Å². The topological polar surface area (TPSA) is 20.2 Å². The van der Waals surface area contributed by atoms with Crippen molar-refractivity contribution in [2.24, 2.45) is 0 Å². The Kier molecular flexibility index (Phi) is 5.56. The van der Waals surface area contributed by atoms with Gasteiger partial charge in [0, 0.05) is 0 Å². The highest BCUT2D eigenvalue weighted by molar-refractivity contribution is 6.19. The molecule has 0 aliphatic heterocycles. The monoisotopic (exact) mass is 136 g/mol. The Morgan fingerprint density at radius 3 is 2.50 bits per heavy atom. The summed E-state index contributed by atoms with van der Waals surface area (Å²) in [6, 6.07) is 0. The van der Waals surface area contributed by atoms with Crippen LogP contribution in [-0.2, 0) is 0 Å². The van der Waals surface area contributed by atoms with Gasteiger partial charge in [-0.2, -0.15) is 0 Å². The molecule has 0 aliphatic rings. The van der Waals surface area contributed by atoms with E-state index in [1.54, 1.807) is 0 Å². The fraction of sp³-hybridized carbons (Fsp3) is 1.00. The SMILES string of the molecule is CCCCCC(O)Cl. The van der Waals surface area contributed by atoms with E-state index in [9.17, 15) is 0 Å². The lowest BCUT2D eigenvalue weighted by Gasteiger charge is -1.98. The van der Waals surface area contributed by atoms with E-state index in [0.29, 0.717) is 0 Å². The number of rotatable bonds is 4. The molecule has 1 nitrogen and oxygen atoms in total. The standard InChI is InChI=1S/C6H13ClO/c1-2-3-4-5-6(7)8/h6,8H,2-5H2,1H3. The van der Waals surface area contributed by atoms with E-state index in [4.69, 9.17) is 16.7 Å². The van der Waals surface area contributed by atoms with Gasteiger partial charge in [0.2, 0.25) is 0 Å². The summed E-state index contributed by atoms with van der Waals surface area (Å²) >= 11 is 5.27. The molecule has 0 fully saturated rings. The van der Waals surface area contributed by atoms with Gasteiger partial charge in [0.15, 0.2) is 0 Å². The first-order valence-electron chi connectivity index (χ1n) is 3.09. The molecule has 0 amide bonds. The lowest BCUT2D eigenvalue weighted by molar-refractivity contribution is 0.241. The third-order valence-electron chi connectivity index (χ3n) is 1.05. The molecule has 0 saturated heterocycles. The highest BCUT2D eigenvalue weighted by Crippen LogP contribution is 2.04. The fourth-order valence-corrected chi connectivity index (χ4v) is 0.717. The van der Waals surface area contributed by atoms with Gasteiger partial charge >= 0.3 is 0 Å². The summed E-state index contributed by atoms with van der Waals surface area (Å²) in [5.41, 5.74) is -0.624. The smallest absolute Gasteiger partial charge is 0.128 e. The molecule has 0 aromatic heterocycles.